The Balaban J connectivity index is 1.42. The molecule has 1 N–H and O–H groups in total. The summed E-state index contributed by atoms with van der Waals surface area (Å²) in [5.41, 5.74) is 4.42. The summed E-state index contributed by atoms with van der Waals surface area (Å²) in [6, 6.07) is 14.3. The van der Waals surface area contributed by atoms with Crippen molar-refractivity contribution in [1.82, 2.24) is 19.4 Å². The van der Waals surface area contributed by atoms with E-state index in [1.807, 2.05) is 47.1 Å². The Morgan fingerprint density at radius 1 is 0.971 bits per heavy atom. The molecule has 3 aromatic heterocycles. The second-order valence-corrected chi connectivity index (χ2v) is 8.28. The Morgan fingerprint density at radius 2 is 1.85 bits per heavy atom. The van der Waals surface area contributed by atoms with Gasteiger partial charge < -0.3 is 19.1 Å². The summed E-state index contributed by atoms with van der Waals surface area (Å²) >= 11 is 0. The Hall–Kier alpha value is -3.88. The zero-order valence-corrected chi connectivity index (χ0v) is 18.3. The average molecular weight is 455 g/mol. The number of halogens is 1. The molecule has 1 fully saturated rings. The minimum absolute atomic E-state index is 0.311. The summed E-state index contributed by atoms with van der Waals surface area (Å²) in [6.07, 6.45) is 5.78. The maximum absolute atomic E-state index is 15.0. The van der Waals surface area contributed by atoms with Gasteiger partial charge in [-0.15, -0.1) is 0 Å². The number of aliphatic hydroxyl groups excluding tert-OH is 1. The normalized spacial score (nSPS) is 15.2. The van der Waals surface area contributed by atoms with Gasteiger partial charge in [-0.3, -0.25) is 4.98 Å². The second kappa shape index (κ2) is 8.48. The zero-order valence-electron chi connectivity index (χ0n) is 18.3. The van der Waals surface area contributed by atoms with E-state index < -0.39 is 11.9 Å². The van der Waals surface area contributed by atoms with Gasteiger partial charge in [-0.2, -0.15) is 0 Å². The number of aliphatic hydroxyl groups is 1. The molecule has 0 radical (unpaired) electrons. The zero-order chi connectivity index (χ0) is 23.1. The van der Waals surface area contributed by atoms with Crippen molar-refractivity contribution in [2.24, 2.45) is 0 Å². The van der Waals surface area contributed by atoms with Gasteiger partial charge in [-0.1, -0.05) is 6.07 Å². The number of nitrogens with zero attached hydrogens (tertiary/aromatic N) is 5. The first-order valence-electron chi connectivity index (χ1n) is 11.2. The van der Waals surface area contributed by atoms with Crippen molar-refractivity contribution in [2.75, 3.05) is 31.2 Å². The fourth-order valence-electron chi connectivity index (χ4n) is 4.53. The molecule has 6 rings (SSSR count). The first kappa shape index (κ1) is 20.7. The quantitative estimate of drug-likeness (QED) is 0.442. The van der Waals surface area contributed by atoms with E-state index in [2.05, 4.69) is 19.9 Å². The maximum atomic E-state index is 15.0. The van der Waals surface area contributed by atoms with Gasteiger partial charge in [0.2, 0.25) is 0 Å². The van der Waals surface area contributed by atoms with Crippen LogP contribution in [-0.4, -0.2) is 50.8 Å². The lowest BCUT2D eigenvalue weighted by molar-refractivity contribution is 0.122. The van der Waals surface area contributed by atoms with E-state index in [1.54, 1.807) is 18.3 Å². The van der Waals surface area contributed by atoms with Crippen LogP contribution < -0.4 is 4.90 Å². The van der Waals surface area contributed by atoms with Crippen LogP contribution >= 0.6 is 0 Å². The highest BCUT2D eigenvalue weighted by Gasteiger charge is 2.20. The molecular formula is C26H22FN5O2. The minimum Gasteiger partial charge on any atom is -0.382 e. The average Bonchev–Trinajstić information content (AvgIpc) is 3.38. The van der Waals surface area contributed by atoms with Crippen molar-refractivity contribution in [2.45, 2.75) is 6.10 Å². The molecule has 1 unspecified atom stereocenters. The SMILES string of the molecule is OC(c1ccc(F)c(-c2ncnc3cc(N4CCOCC4)ccc23)c1)c1nccn2cccc12. The predicted octanol–water partition coefficient (Wildman–Crippen LogP) is 4.00. The van der Waals surface area contributed by atoms with Crippen LogP contribution in [0.4, 0.5) is 10.1 Å². The third kappa shape index (κ3) is 3.57. The molecule has 1 aliphatic heterocycles. The van der Waals surface area contributed by atoms with Gasteiger partial charge in [0.25, 0.3) is 0 Å². The van der Waals surface area contributed by atoms with Crippen LogP contribution in [0.3, 0.4) is 0 Å². The van der Waals surface area contributed by atoms with Crippen LogP contribution in [0.2, 0.25) is 0 Å². The summed E-state index contributed by atoms with van der Waals surface area (Å²) in [4.78, 5) is 15.5. The predicted molar refractivity (Wildman–Crippen MR) is 127 cm³/mol. The molecule has 8 heteroatoms. The topological polar surface area (TPSA) is 75.8 Å². The summed E-state index contributed by atoms with van der Waals surface area (Å²) < 4.78 is 22.4. The third-order valence-electron chi connectivity index (χ3n) is 6.30. The lowest BCUT2D eigenvalue weighted by atomic mass is 9.99. The van der Waals surface area contributed by atoms with Crippen molar-refractivity contribution in [3.8, 4) is 11.3 Å². The van der Waals surface area contributed by atoms with Crippen molar-refractivity contribution in [3.05, 3.63) is 90.5 Å². The Bertz CT molecular complexity index is 1500. The van der Waals surface area contributed by atoms with Crippen molar-refractivity contribution in [3.63, 3.8) is 0 Å². The van der Waals surface area contributed by atoms with Crippen molar-refractivity contribution in [1.29, 1.82) is 0 Å². The van der Waals surface area contributed by atoms with E-state index in [0.717, 1.165) is 35.2 Å². The number of fused-ring (bicyclic) bond motifs is 2. The molecule has 0 bridgehead atoms. The minimum atomic E-state index is -1.01. The van der Waals surface area contributed by atoms with E-state index in [-0.39, 0.29) is 0 Å². The van der Waals surface area contributed by atoms with E-state index in [1.165, 1.54) is 12.4 Å². The summed E-state index contributed by atoms with van der Waals surface area (Å²) in [7, 11) is 0. The largest absolute Gasteiger partial charge is 0.382 e. The van der Waals surface area contributed by atoms with Gasteiger partial charge in [0.15, 0.2) is 0 Å². The van der Waals surface area contributed by atoms with Crippen LogP contribution in [-0.2, 0) is 4.74 Å². The Morgan fingerprint density at radius 3 is 2.74 bits per heavy atom. The molecule has 1 aliphatic rings. The van der Waals surface area contributed by atoms with Gasteiger partial charge in [0.05, 0.1) is 35.6 Å². The molecule has 0 spiro atoms. The van der Waals surface area contributed by atoms with E-state index in [9.17, 15) is 5.11 Å². The highest BCUT2D eigenvalue weighted by molar-refractivity contribution is 5.94. The van der Waals surface area contributed by atoms with Crippen LogP contribution in [0.15, 0.2) is 73.4 Å². The van der Waals surface area contributed by atoms with Crippen molar-refractivity contribution < 1.29 is 14.2 Å². The van der Waals surface area contributed by atoms with E-state index >= 15 is 4.39 Å². The molecule has 4 heterocycles. The van der Waals surface area contributed by atoms with Gasteiger partial charge in [0.1, 0.15) is 18.2 Å². The number of benzene rings is 2. The molecule has 34 heavy (non-hydrogen) atoms. The molecule has 0 aliphatic carbocycles. The Labute approximate surface area is 195 Å². The number of hydrogen-bond acceptors (Lipinski definition) is 6. The van der Waals surface area contributed by atoms with Gasteiger partial charge in [-0.25, -0.2) is 14.4 Å². The summed E-state index contributed by atoms with van der Waals surface area (Å²) in [6.45, 7) is 3.03. The fourth-order valence-corrected chi connectivity index (χ4v) is 4.53. The number of aromatic nitrogens is 4. The highest BCUT2D eigenvalue weighted by atomic mass is 19.1. The van der Waals surface area contributed by atoms with Crippen molar-refractivity contribution >= 4 is 22.1 Å². The lowest BCUT2D eigenvalue weighted by Crippen LogP contribution is -2.36. The highest BCUT2D eigenvalue weighted by Crippen LogP contribution is 2.33. The molecule has 1 saturated heterocycles. The molecule has 7 nitrogen and oxygen atoms in total. The summed E-state index contributed by atoms with van der Waals surface area (Å²) in [5, 5.41) is 11.9. The standard InChI is InChI=1S/C26H22FN5O2/c27-21-6-3-17(26(33)25-23-2-1-8-32(23)9-7-28-25)14-20(21)24-19-5-4-18(15-22(19)29-16-30-24)31-10-12-34-13-11-31/h1-9,14-16,26,33H,10-13H2. The van der Waals surface area contributed by atoms with Gasteiger partial charge in [-0.05, 0) is 48.0 Å². The van der Waals surface area contributed by atoms with E-state index in [0.29, 0.717) is 35.7 Å². The molecule has 170 valence electrons. The number of anilines is 1. The monoisotopic (exact) mass is 455 g/mol. The van der Waals surface area contributed by atoms with E-state index in [4.69, 9.17) is 4.74 Å². The number of hydrogen-bond donors (Lipinski definition) is 1. The molecule has 2 aromatic carbocycles. The first-order chi connectivity index (χ1) is 16.7. The molecule has 5 aromatic rings. The fraction of sp³-hybridized carbons (Fsp3) is 0.192. The molecule has 1 atom stereocenters. The number of rotatable bonds is 4. The number of ether oxygens (including phenoxy) is 1. The maximum Gasteiger partial charge on any atom is 0.132 e. The van der Waals surface area contributed by atoms with Crippen LogP contribution in [0.1, 0.15) is 17.4 Å². The smallest absolute Gasteiger partial charge is 0.132 e. The van der Waals surface area contributed by atoms with Gasteiger partial charge >= 0.3 is 0 Å². The Kier molecular flexibility index (Phi) is 5.16. The number of morpholine rings is 1. The third-order valence-corrected chi connectivity index (χ3v) is 6.30. The first-order valence-corrected chi connectivity index (χ1v) is 11.2. The van der Waals surface area contributed by atoms with Gasteiger partial charge in [0, 0.05) is 48.3 Å². The van der Waals surface area contributed by atoms with Crippen LogP contribution in [0.5, 0.6) is 0 Å². The molecule has 0 amide bonds. The second-order valence-electron chi connectivity index (χ2n) is 8.28. The molecular weight excluding hydrogens is 433 g/mol. The van der Waals surface area contributed by atoms with Crippen LogP contribution in [0, 0.1) is 5.82 Å². The summed E-state index contributed by atoms with van der Waals surface area (Å²) in [5.74, 6) is -0.415. The van der Waals surface area contributed by atoms with Crippen LogP contribution in [0.25, 0.3) is 27.7 Å². The molecule has 0 saturated carbocycles. The lowest BCUT2D eigenvalue weighted by Gasteiger charge is -2.29.